The lowest BCUT2D eigenvalue weighted by Crippen LogP contribution is -2.02. The van der Waals surface area contributed by atoms with E-state index in [0.717, 1.165) is 136 Å². The highest BCUT2D eigenvalue weighted by atomic mass is 32.2. The first-order valence-electron chi connectivity index (χ1n) is 15.8. The molecule has 2 aromatic rings. The molecular weight excluding hydrogens is 641 g/mol. The van der Waals surface area contributed by atoms with Crippen molar-refractivity contribution in [3.8, 4) is 23.0 Å². The highest BCUT2D eigenvalue weighted by molar-refractivity contribution is 8.00. The number of hydrogen-bond donors (Lipinski definition) is 0. The van der Waals surface area contributed by atoms with Gasteiger partial charge in [-0.15, -0.1) is 46.2 Å². The first kappa shape index (κ1) is 33.3. The molecule has 2 aromatic heterocycles. The second-order valence-electron chi connectivity index (χ2n) is 9.75. The molecule has 0 aliphatic carbocycles. The Hall–Kier alpha value is -2.02. The zero-order valence-corrected chi connectivity index (χ0v) is 29.4. The minimum Gasteiger partial charge on any atom is -0.493 e. The van der Waals surface area contributed by atoms with Crippen molar-refractivity contribution in [2.75, 3.05) is 64.4 Å². The molecule has 0 N–H and O–H groups in total. The molecule has 44 heavy (non-hydrogen) atoms. The van der Waals surface area contributed by atoms with Crippen LogP contribution < -0.4 is 18.9 Å². The van der Waals surface area contributed by atoms with Crippen LogP contribution in [0.25, 0.3) is 0 Å². The average Bonchev–Trinajstić information content (AvgIpc) is 3.65. The standard InChI is InChI=1S/2C14H16O4S2.2C2H6/c2*1-3-15-9-7-19-13(11(9)17-5-1)14-12-10(8-20-14)16-4-2-6-18-12;2*1-2/h2*7,14H,1-6,8H2;2*1-2H3. The second-order valence-corrected chi connectivity index (χ2v) is 13.8. The predicted molar refractivity (Wildman–Crippen MR) is 180 cm³/mol. The molecule has 0 amide bonds. The third-order valence-corrected chi connectivity index (χ3v) is 11.7. The maximum atomic E-state index is 5.93. The second kappa shape index (κ2) is 17.1. The van der Waals surface area contributed by atoms with Gasteiger partial charge in [-0.05, 0) is 0 Å². The predicted octanol–water partition coefficient (Wildman–Crippen LogP) is 8.74. The fourth-order valence-corrected chi connectivity index (χ4v) is 9.93. The summed E-state index contributed by atoms with van der Waals surface area (Å²) in [5.74, 6) is 9.34. The van der Waals surface area contributed by atoms with Crippen LogP contribution in [-0.2, 0) is 18.9 Å². The Balaban J connectivity index is 0.000000157. The molecule has 2 atom stereocenters. The number of thiophene rings is 2. The summed E-state index contributed by atoms with van der Waals surface area (Å²) < 4.78 is 46.7. The molecule has 0 bridgehead atoms. The van der Waals surface area contributed by atoms with E-state index in [2.05, 4.69) is 0 Å². The zero-order valence-electron chi connectivity index (χ0n) is 26.1. The monoisotopic (exact) mass is 684 g/mol. The van der Waals surface area contributed by atoms with E-state index < -0.39 is 0 Å². The van der Waals surface area contributed by atoms with Crippen LogP contribution in [-0.4, -0.2) is 64.4 Å². The Morgan fingerprint density at radius 3 is 1.27 bits per heavy atom. The van der Waals surface area contributed by atoms with Gasteiger partial charge in [0.05, 0.1) is 74.1 Å². The van der Waals surface area contributed by atoms with E-state index in [-0.39, 0.29) is 10.5 Å². The van der Waals surface area contributed by atoms with E-state index >= 15 is 0 Å². The van der Waals surface area contributed by atoms with Crippen LogP contribution in [0.4, 0.5) is 0 Å². The number of fused-ring (bicyclic) bond motifs is 2. The Morgan fingerprint density at radius 1 is 0.477 bits per heavy atom. The van der Waals surface area contributed by atoms with E-state index in [4.69, 9.17) is 37.9 Å². The van der Waals surface area contributed by atoms with Gasteiger partial charge >= 0.3 is 0 Å². The fourth-order valence-electron chi connectivity index (χ4n) is 5.07. The number of hydrogen-bond acceptors (Lipinski definition) is 12. The summed E-state index contributed by atoms with van der Waals surface area (Å²) in [5, 5.41) is 4.48. The molecule has 0 spiro atoms. The van der Waals surface area contributed by atoms with E-state index in [9.17, 15) is 0 Å². The van der Waals surface area contributed by atoms with Crippen molar-refractivity contribution >= 4 is 46.2 Å². The van der Waals surface area contributed by atoms with Crippen molar-refractivity contribution in [1.29, 1.82) is 0 Å². The Morgan fingerprint density at radius 2 is 0.841 bits per heavy atom. The number of thioether (sulfide) groups is 2. The van der Waals surface area contributed by atoms with Gasteiger partial charge in [-0.3, -0.25) is 0 Å². The fraction of sp³-hybridized carbons (Fsp3) is 0.625. The molecule has 6 aliphatic heterocycles. The largest absolute Gasteiger partial charge is 0.493 e. The quantitative estimate of drug-likeness (QED) is 0.307. The Labute approximate surface area is 277 Å². The van der Waals surface area contributed by atoms with Gasteiger partial charge in [-0.2, -0.15) is 0 Å². The van der Waals surface area contributed by atoms with Crippen LogP contribution in [0.15, 0.2) is 33.8 Å². The van der Waals surface area contributed by atoms with Gasteiger partial charge in [-0.1, -0.05) is 27.7 Å². The first-order valence-corrected chi connectivity index (χ1v) is 19.7. The zero-order chi connectivity index (χ0) is 30.7. The molecule has 244 valence electrons. The summed E-state index contributed by atoms with van der Waals surface area (Å²) in [4.78, 5) is 2.39. The van der Waals surface area contributed by atoms with Crippen LogP contribution in [0.1, 0.15) is 73.6 Å². The topological polar surface area (TPSA) is 73.8 Å². The normalized spacial score (nSPS) is 23.3. The summed E-state index contributed by atoms with van der Waals surface area (Å²) in [6.07, 6.45) is 3.77. The van der Waals surface area contributed by atoms with Crippen molar-refractivity contribution in [2.24, 2.45) is 0 Å². The number of rotatable bonds is 2. The first-order chi connectivity index (χ1) is 21.9. The number of ether oxygens (including phenoxy) is 8. The average molecular weight is 685 g/mol. The summed E-state index contributed by atoms with van der Waals surface area (Å²) in [6, 6.07) is 0. The van der Waals surface area contributed by atoms with Gasteiger partial charge in [-0.25, -0.2) is 0 Å². The summed E-state index contributed by atoms with van der Waals surface area (Å²) >= 11 is 7.08. The Bertz CT molecular complexity index is 1170. The highest BCUT2D eigenvalue weighted by Crippen LogP contribution is 2.55. The summed E-state index contributed by atoms with van der Waals surface area (Å²) in [5.41, 5.74) is 0. The molecule has 6 aliphatic rings. The summed E-state index contributed by atoms with van der Waals surface area (Å²) in [6.45, 7) is 13.9. The molecule has 0 aromatic carbocycles. The third kappa shape index (κ3) is 7.50. The minimum atomic E-state index is 0.193. The van der Waals surface area contributed by atoms with Gasteiger partial charge in [0.25, 0.3) is 0 Å². The SMILES string of the molecule is CC.CC.c1sc(C2SCC3=C2OCCCO3)c2c1OCCCO2.c1sc(C2SCC3=C2OCCCO3)c2c1OCCCO2. The van der Waals surface area contributed by atoms with Gasteiger partial charge in [0.2, 0.25) is 0 Å². The van der Waals surface area contributed by atoms with E-state index in [1.807, 2.05) is 62.0 Å². The van der Waals surface area contributed by atoms with Crippen molar-refractivity contribution in [2.45, 2.75) is 63.9 Å². The molecule has 8 nitrogen and oxygen atoms in total. The van der Waals surface area contributed by atoms with Crippen LogP contribution in [0.5, 0.6) is 23.0 Å². The van der Waals surface area contributed by atoms with Gasteiger partial charge < -0.3 is 37.9 Å². The maximum absolute atomic E-state index is 5.93. The minimum absolute atomic E-state index is 0.193. The lowest BCUT2D eigenvalue weighted by molar-refractivity contribution is 0.203. The molecule has 0 radical (unpaired) electrons. The van der Waals surface area contributed by atoms with Crippen LogP contribution in [0, 0.1) is 0 Å². The molecule has 12 heteroatoms. The van der Waals surface area contributed by atoms with Gasteiger partial charge in [0.1, 0.15) is 22.0 Å². The summed E-state index contributed by atoms with van der Waals surface area (Å²) in [7, 11) is 0. The van der Waals surface area contributed by atoms with E-state index in [1.54, 1.807) is 22.7 Å². The molecule has 0 fully saturated rings. The molecular formula is C32H44O8S4. The lowest BCUT2D eigenvalue weighted by Gasteiger charge is -2.14. The molecule has 2 unspecified atom stereocenters. The van der Waals surface area contributed by atoms with Gasteiger partial charge in [0, 0.05) is 36.4 Å². The van der Waals surface area contributed by atoms with Gasteiger partial charge in [0.15, 0.2) is 34.5 Å². The van der Waals surface area contributed by atoms with E-state index in [0.29, 0.717) is 0 Å². The molecule has 8 heterocycles. The van der Waals surface area contributed by atoms with Crippen LogP contribution in [0.2, 0.25) is 0 Å². The van der Waals surface area contributed by atoms with Crippen molar-refractivity contribution in [3.05, 3.63) is 43.6 Å². The smallest absolute Gasteiger partial charge is 0.176 e. The molecule has 0 saturated heterocycles. The van der Waals surface area contributed by atoms with Crippen molar-refractivity contribution < 1.29 is 37.9 Å². The Kier molecular flexibility index (Phi) is 12.9. The van der Waals surface area contributed by atoms with Crippen molar-refractivity contribution in [1.82, 2.24) is 0 Å². The van der Waals surface area contributed by atoms with E-state index in [1.165, 1.54) is 9.75 Å². The maximum Gasteiger partial charge on any atom is 0.176 e. The van der Waals surface area contributed by atoms with Crippen molar-refractivity contribution in [3.63, 3.8) is 0 Å². The highest BCUT2D eigenvalue weighted by Gasteiger charge is 2.37. The molecule has 8 rings (SSSR count). The van der Waals surface area contributed by atoms with Crippen LogP contribution in [0.3, 0.4) is 0 Å². The molecule has 0 saturated carbocycles. The third-order valence-electron chi connectivity index (χ3n) is 6.98. The lowest BCUT2D eigenvalue weighted by atomic mass is 10.2. The van der Waals surface area contributed by atoms with Crippen LogP contribution >= 0.6 is 46.2 Å².